The van der Waals surface area contributed by atoms with E-state index in [0.717, 1.165) is 24.3 Å². The summed E-state index contributed by atoms with van der Waals surface area (Å²) >= 11 is 0. The van der Waals surface area contributed by atoms with Crippen LogP contribution in [0, 0.1) is 5.82 Å². The average Bonchev–Trinajstić information content (AvgIpc) is 2.44. The van der Waals surface area contributed by atoms with E-state index in [1.165, 1.54) is 18.2 Å². The van der Waals surface area contributed by atoms with Gasteiger partial charge in [0.2, 0.25) is 0 Å². The van der Waals surface area contributed by atoms with Crippen LogP contribution in [-0.4, -0.2) is 18.3 Å². The average molecular weight is 300 g/mol. The molecule has 0 spiro atoms. The maximum Gasteiger partial charge on any atom is 0.416 e. The molecule has 0 aliphatic heterocycles. The molecule has 2 aromatic rings. The highest BCUT2D eigenvalue weighted by atomic mass is 19.4. The molecular formula is C15H12F4O2. The van der Waals surface area contributed by atoms with E-state index in [-0.39, 0.29) is 30.1 Å². The minimum atomic E-state index is -4.46. The topological polar surface area (TPSA) is 29.5 Å². The molecule has 2 aromatic carbocycles. The van der Waals surface area contributed by atoms with Gasteiger partial charge in [-0.05, 0) is 35.4 Å². The second-order valence-corrected chi connectivity index (χ2v) is 4.33. The molecule has 1 N–H and O–H groups in total. The maximum atomic E-state index is 13.5. The lowest BCUT2D eigenvalue weighted by Gasteiger charge is -2.10. The fourth-order valence-corrected chi connectivity index (χ4v) is 1.85. The third kappa shape index (κ3) is 3.95. The number of alkyl halides is 3. The minimum Gasteiger partial charge on any atom is -0.491 e. The summed E-state index contributed by atoms with van der Waals surface area (Å²) in [6.07, 6.45) is -4.46. The van der Waals surface area contributed by atoms with Crippen LogP contribution in [-0.2, 0) is 6.18 Å². The second kappa shape index (κ2) is 6.13. The van der Waals surface area contributed by atoms with Gasteiger partial charge in [0.05, 0.1) is 12.2 Å². The molecule has 0 heterocycles. The van der Waals surface area contributed by atoms with E-state index in [1.807, 2.05) is 0 Å². The van der Waals surface area contributed by atoms with Gasteiger partial charge in [-0.3, -0.25) is 0 Å². The Morgan fingerprint density at radius 3 is 2.43 bits per heavy atom. The summed E-state index contributed by atoms with van der Waals surface area (Å²) in [5.74, 6) is -0.477. The van der Waals surface area contributed by atoms with Crippen LogP contribution in [0.2, 0.25) is 0 Å². The van der Waals surface area contributed by atoms with E-state index < -0.39 is 17.6 Å². The maximum absolute atomic E-state index is 13.5. The molecule has 2 nitrogen and oxygen atoms in total. The molecule has 21 heavy (non-hydrogen) atoms. The first kappa shape index (κ1) is 15.3. The normalized spacial score (nSPS) is 11.5. The van der Waals surface area contributed by atoms with Crippen LogP contribution in [0.4, 0.5) is 17.6 Å². The summed E-state index contributed by atoms with van der Waals surface area (Å²) in [5.41, 5.74) is -0.297. The van der Waals surface area contributed by atoms with Gasteiger partial charge < -0.3 is 9.84 Å². The summed E-state index contributed by atoms with van der Waals surface area (Å²) < 4.78 is 56.6. The Hall–Kier alpha value is -2.08. The molecule has 0 aliphatic carbocycles. The molecule has 112 valence electrons. The second-order valence-electron chi connectivity index (χ2n) is 4.33. The van der Waals surface area contributed by atoms with Crippen molar-refractivity contribution < 1.29 is 27.4 Å². The molecule has 0 aliphatic rings. The van der Waals surface area contributed by atoms with Crippen LogP contribution in [0.5, 0.6) is 5.75 Å². The zero-order valence-corrected chi connectivity index (χ0v) is 10.8. The first-order valence-corrected chi connectivity index (χ1v) is 6.12. The van der Waals surface area contributed by atoms with Gasteiger partial charge >= 0.3 is 6.18 Å². The largest absolute Gasteiger partial charge is 0.491 e. The van der Waals surface area contributed by atoms with Gasteiger partial charge in [0, 0.05) is 6.07 Å². The number of benzene rings is 2. The number of hydrogen-bond acceptors (Lipinski definition) is 2. The van der Waals surface area contributed by atoms with Crippen LogP contribution in [0.1, 0.15) is 5.56 Å². The van der Waals surface area contributed by atoms with Crippen molar-refractivity contribution >= 4 is 0 Å². The number of rotatable bonds is 4. The summed E-state index contributed by atoms with van der Waals surface area (Å²) in [6, 6.07) is 8.27. The fraction of sp³-hybridized carbons (Fsp3) is 0.200. The molecular weight excluding hydrogens is 288 g/mol. The van der Waals surface area contributed by atoms with E-state index in [0.29, 0.717) is 0 Å². The quantitative estimate of drug-likeness (QED) is 0.868. The minimum absolute atomic E-state index is 0.0223. The van der Waals surface area contributed by atoms with Crippen molar-refractivity contribution in [1.29, 1.82) is 0 Å². The van der Waals surface area contributed by atoms with Crippen molar-refractivity contribution in [3.8, 4) is 16.9 Å². The number of ether oxygens (including phenoxy) is 1. The van der Waals surface area contributed by atoms with Crippen molar-refractivity contribution in [3.05, 3.63) is 53.8 Å². The summed E-state index contributed by atoms with van der Waals surface area (Å²) in [6.45, 7) is -0.263. The highest BCUT2D eigenvalue weighted by molar-refractivity contribution is 5.66. The lowest BCUT2D eigenvalue weighted by molar-refractivity contribution is -0.137. The number of hydrogen-bond donors (Lipinski definition) is 1. The summed E-state index contributed by atoms with van der Waals surface area (Å²) in [4.78, 5) is 0. The lowest BCUT2D eigenvalue weighted by Crippen LogP contribution is -2.04. The molecule has 0 aromatic heterocycles. The van der Waals surface area contributed by atoms with Crippen LogP contribution >= 0.6 is 0 Å². The van der Waals surface area contributed by atoms with Crippen molar-refractivity contribution in [2.75, 3.05) is 13.2 Å². The smallest absolute Gasteiger partial charge is 0.416 e. The SMILES string of the molecule is OCCOc1cc(F)cc(-c2cccc(C(F)(F)F)c2)c1. The van der Waals surface area contributed by atoms with Gasteiger partial charge in [0.1, 0.15) is 18.2 Å². The first-order chi connectivity index (χ1) is 9.90. The Kier molecular flexibility index (Phi) is 4.47. The molecule has 0 atom stereocenters. The molecule has 0 saturated carbocycles. The van der Waals surface area contributed by atoms with Gasteiger partial charge in [-0.15, -0.1) is 0 Å². The van der Waals surface area contributed by atoms with E-state index >= 15 is 0 Å². The third-order valence-electron chi connectivity index (χ3n) is 2.75. The standard InChI is InChI=1S/C15H12F4O2/c16-13-7-11(8-14(9-13)21-5-4-20)10-2-1-3-12(6-10)15(17,18)19/h1-3,6-9,20H,4-5H2. The van der Waals surface area contributed by atoms with Crippen molar-refractivity contribution in [2.45, 2.75) is 6.18 Å². The Labute approximate surface area is 118 Å². The van der Waals surface area contributed by atoms with Gasteiger partial charge in [-0.1, -0.05) is 12.1 Å². The highest BCUT2D eigenvalue weighted by Crippen LogP contribution is 2.33. The van der Waals surface area contributed by atoms with E-state index in [2.05, 4.69) is 0 Å². The molecule has 2 rings (SSSR count). The molecule has 0 unspecified atom stereocenters. The zero-order valence-electron chi connectivity index (χ0n) is 10.8. The van der Waals surface area contributed by atoms with Crippen LogP contribution in [0.15, 0.2) is 42.5 Å². The number of aliphatic hydroxyl groups is 1. The van der Waals surface area contributed by atoms with E-state index in [1.54, 1.807) is 0 Å². The van der Waals surface area contributed by atoms with E-state index in [9.17, 15) is 17.6 Å². The van der Waals surface area contributed by atoms with Crippen LogP contribution < -0.4 is 4.74 Å². The predicted molar refractivity (Wildman–Crippen MR) is 69.4 cm³/mol. The Morgan fingerprint density at radius 1 is 1.00 bits per heavy atom. The highest BCUT2D eigenvalue weighted by Gasteiger charge is 2.30. The predicted octanol–water partition coefficient (Wildman–Crippen LogP) is 3.88. The van der Waals surface area contributed by atoms with Gasteiger partial charge in [-0.25, -0.2) is 4.39 Å². The number of halogens is 4. The molecule has 0 saturated heterocycles. The van der Waals surface area contributed by atoms with Gasteiger partial charge in [-0.2, -0.15) is 13.2 Å². The van der Waals surface area contributed by atoms with Crippen molar-refractivity contribution in [1.82, 2.24) is 0 Å². The first-order valence-electron chi connectivity index (χ1n) is 6.12. The summed E-state index contributed by atoms with van der Waals surface area (Å²) in [7, 11) is 0. The molecule has 6 heteroatoms. The van der Waals surface area contributed by atoms with Crippen LogP contribution in [0.3, 0.4) is 0 Å². The van der Waals surface area contributed by atoms with Gasteiger partial charge in [0.25, 0.3) is 0 Å². The van der Waals surface area contributed by atoms with Crippen molar-refractivity contribution in [2.24, 2.45) is 0 Å². The summed E-state index contributed by atoms with van der Waals surface area (Å²) in [5, 5.41) is 8.67. The van der Waals surface area contributed by atoms with E-state index in [4.69, 9.17) is 9.84 Å². The monoisotopic (exact) mass is 300 g/mol. The molecule has 0 amide bonds. The third-order valence-corrected chi connectivity index (χ3v) is 2.75. The number of aliphatic hydroxyl groups excluding tert-OH is 1. The van der Waals surface area contributed by atoms with Crippen LogP contribution in [0.25, 0.3) is 11.1 Å². The zero-order chi connectivity index (χ0) is 15.5. The Bertz CT molecular complexity index is 623. The Balaban J connectivity index is 2.39. The molecule has 0 bridgehead atoms. The van der Waals surface area contributed by atoms with Gasteiger partial charge in [0.15, 0.2) is 0 Å². The van der Waals surface area contributed by atoms with Crippen molar-refractivity contribution in [3.63, 3.8) is 0 Å². The lowest BCUT2D eigenvalue weighted by atomic mass is 10.0. The molecule has 0 fully saturated rings. The fourth-order valence-electron chi connectivity index (χ4n) is 1.85. The Morgan fingerprint density at radius 2 is 1.76 bits per heavy atom. The molecule has 0 radical (unpaired) electrons.